The summed E-state index contributed by atoms with van der Waals surface area (Å²) in [5.74, 6) is -3.49. The molecule has 0 aliphatic carbocycles. The van der Waals surface area contributed by atoms with Gasteiger partial charge in [-0.1, -0.05) is 0 Å². The molecular formula is C8H7FN2O5. The molecule has 1 aromatic rings. The van der Waals surface area contributed by atoms with Gasteiger partial charge >= 0.3 is 11.7 Å². The minimum Gasteiger partial charge on any atom is -0.507 e. The molecule has 0 aliphatic rings. The standard InChI is InChI=1S/C8H7FN2O5/c9-4-2-6(12)3(7(10)8(13)14)1-5(4)11(15)16/h1-2,7,12H,10H2,(H,13,14)/t7-/m0/s1. The first kappa shape index (κ1) is 11.9. The quantitative estimate of drug-likeness (QED) is 0.513. The minimum atomic E-state index is -1.65. The van der Waals surface area contributed by atoms with Gasteiger partial charge in [-0.25, -0.2) is 0 Å². The van der Waals surface area contributed by atoms with Gasteiger partial charge in [0.25, 0.3) is 0 Å². The topological polar surface area (TPSA) is 127 Å². The second-order valence-electron chi connectivity index (χ2n) is 2.94. The molecule has 0 aliphatic heterocycles. The third-order valence-corrected chi connectivity index (χ3v) is 1.89. The Bertz CT molecular complexity index is 462. The molecule has 0 unspecified atom stereocenters. The zero-order chi connectivity index (χ0) is 12.5. The first-order chi connectivity index (χ1) is 7.34. The van der Waals surface area contributed by atoms with E-state index in [1.165, 1.54) is 0 Å². The molecule has 8 heteroatoms. The van der Waals surface area contributed by atoms with Crippen LogP contribution in [0.1, 0.15) is 11.6 Å². The molecule has 0 bridgehead atoms. The monoisotopic (exact) mass is 230 g/mol. The maximum atomic E-state index is 13.0. The average Bonchev–Trinajstić information content (AvgIpc) is 2.16. The van der Waals surface area contributed by atoms with Gasteiger partial charge in [-0.2, -0.15) is 4.39 Å². The molecule has 16 heavy (non-hydrogen) atoms. The molecule has 0 fully saturated rings. The van der Waals surface area contributed by atoms with Crippen molar-refractivity contribution in [3.05, 3.63) is 33.6 Å². The van der Waals surface area contributed by atoms with Crippen LogP contribution in [0.2, 0.25) is 0 Å². The predicted molar refractivity (Wildman–Crippen MR) is 49.3 cm³/mol. The molecule has 7 nitrogen and oxygen atoms in total. The predicted octanol–water partition coefficient (Wildman–Crippen LogP) is 0.524. The van der Waals surface area contributed by atoms with E-state index in [2.05, 4.69) is 0 Å². The van der Waals surface area contributed by atoms with Gasteiger partial charge in [-0.3, -0.25) is 14.9 Å². The summed E-state index contributed by atoms with van der Waals surface area (Å²) in [6, 6.07) is -0.598. The molecule has 0 amide bonds. The van der Waals surface area contributed by atoms with Crippen molar-refractivity contribution in [2.24, 2.45) is 5.73 Å². The van der Waals surface area contributed by atoms with E-state index >= 15 is 0 Å². The van der Waals surface area contributed by atoms with Crippen LogP contribution in [-0.2, 0) is 4.79 Å². The summed E-state index contributed by atoms with van der Waals surface area (Å²) in [5.41, 5.74) is 3.80. The van der Waals surface area contributed by atoms with Gasteiger partial charge in [0, 0.05) is 17.7 Å². The van der Waals surface area contributed by atoms with E-state index in [0.717, 1.165) is 0 Å². The lowest BCUT2D eigenvalue weighted by Crippen LogP contribution is -2.21. The Hall–Kier alpha value is -2.22. The van der Waals surface area contributed by atoms with Crippen molar-refractivity contribution in [3.8, 4) is 5.75 Å². The molecule has 0 saturated heterocycles. The first-order valence-corrected chi connectivity index (χ1v) is 3.99. The number of aliphatic carboxylic acids is 1. The summed E-state index contributed by atoms with van der Waals surface area (Å²) >= 11 is 0. The van der Waals surface area contributed by atoms with Crippen molar-refractivity contribution < 1.29 is 24.3 Å². The smallest absolute Gasteiger partial charge is 0.325 e. The van der Waals surface area contributed by atoms with E-state index in [1.54, 1.807) is 0 Å². The summed E-state index contributed by atoms with van der Waals surface area (Å²) in [6.07, 6.45) is 0. The number of nitro groups is 1. The van der Waals surface area contributed by atoms with Gasteiger partial charge < -0.3 is 15.9 Å². The molecule has 0 aromatic heterocycles. The summed E-state index contributed by atoms with van der Waals surface area (Å²) in [6.45, 7) is 0. The first-order valence-electron chi connectivity index (χ1n) is 3.99. The molecule has 86 valence electrons. The molecule has 4 N–H and O–H groups in total. The Morgan fingerprint density at radius 1 is 1.56 bits per heavy atom. The van der Waals surface area contributed by atoms with Crippen molar-refractivity contribution in [3.63, 3.8) is 0 Å². The normalized spacial score (nSPS) is 12.1. The largest absolute Gasteiger partial charge is 0.507 e. The highest BCUT2D eigenvalue weighted by Crippen LogP contribution is 2.30. The van der Waals surface area contributed by atoms with E-state index in [-0.39, 0.29) is 0 Å². The van der Waals surface area contributed by atoms with Crippen LogP contribution in [0.3, 0.4) is 0 Å². The Kier molecular flexibility index (Phi) is 3.04. The molecule has 0 heterocycles. The molecule has 1 aromatic carbocycles. The van der Waals surface area contributed by atoms with Gasteiger partial charge in [-0.15, -0.1) is 0 Å². The number of halogens is 1. The number of phenolic OH excluding ortho intramolecular Hbond substituents is 1. The zero-order valence-electron chi connectivity index (χ0n) is 7.75. The summed E-state index contributed by atoms with van der Waals surface area (Å²) < 4.78 is 13.0. The molecule has 1 atom stereocenters. The van der Waals surface area contributed by atoms with Crippen molar-refractivity contribution >= 4 is 11.7 Å². The van der Waals surface area contributed by atoms with Gasteiger partial charge in [0.2, 0.25) is 5.82 Å². The highest BCUT2D eigenvalue weighted by atomic mass is 19.1. The lowest BCUT2D eigenvalue weighted by Gasteiger charge is -2.08. The molecule has 0 saturated carbocycles. The van der Waals surface area contributed by atoms with Gasteiger partial charge in [0.05, 0.1) is 4.92 Å². The maximum Gasteiger partial charge on any atom is 0.325 e. The lowest BCUT2D eigenvalue weighted by atomic mass is 10.1. The summed E-state index contributed by atoms with van der Waals surface area (Å²) in [4.78, 5) is 19.9. The van der Waals surface area contributed by atoms with E-state index in [1.807, 2.05) is 0 Å². The number of aromatic hydroxyl groups is 1. The summed E-state index contributed by atoms with van der Waals surface area (Å²) in [7, 11) is 0. The SMILES string of the molecule is N[C@H](C(=O)O)c1cc([N+](=O)[O-])c(F)cc1O. The number of hydrogen-bond donors (Lipinski definition) is 3. The third kappa shape index (κ3) is 2.06. The Morgan fingerprint density at radius 3 is 2.56 bits per heavy atom. The number of carbonyl (C=O) groups is 1. The number of nitrogens with two attached hydrogens (primary N) is 1. The van der Waals surface area contributed by atoms with Crippen LogP contribution in [0, 0.1) is 15.9 Å². The van der Waals surface area contributed by atoms with Gasteiger partial charge in [0.15, 0.2) is 0 Å². The van der Waals surface area contributed by atoms with Crippen LogP contribution in [-0.4, -0.2) is 21.1 Å². The highest BCUT2D eigenvalue weighted by molar-refractivity contribution is 5.76. The van der Waals surface area contributed by atoms with Crippen molar-refractivity contribution in [2.75, 3.05) is 0 Å². The lowest BCUT2D eigenvalue weighted by molar-refractivity contribution is -0.387. The van der Waals surface area contributed by atoms with Crippen LogP contribution in [0.4, 0.5) is 10.1 Å². The van der Waals surface area contributed by atoms with E-state index < -0.39 is 39.8 Å². The van der Waals surface area contributed by atoms with Crippen LogP contribution in [0.15, 0.2) is 12.1 Å². The van der Waals surface area contributed by atoms with E-state index in [9.17, 15) is 24.4 Å². The van der Waals surface area contributed by atoms with Crippen LogP contribution in [0.5, 0.6) is 5.75 Å². The number of nitro benzene ring substituents is 1. The number of rotatable bonds is 3. The number of benzene rings is 1. The number of hydrogen-bond acceptors (Lipinski definition) is 5. The Labute approximate surface area is 88.1 Å². The molecule has 0 spiro atoms. The number of phenols is 1. The second kappa shape index (κ2) is 4.11. The van der Waals surface area contributed by atoms with Gasteiger partial charge in [0.1, 0.15) is 11.8 Å². The zero-order valence-corrected chi connectivity index (χ0v) is 7.75. The fraction of sp³-hybridized carbons (Fsp3) is 0.125. The minimum absolute atomic E-state index is 0.416. The number of carboxylic acid groups (broad SMARTS) is 1. The third-order valence-electron chi connectivity index (χ3n) is 1.89. The molecular weight excluding hydrogens is 223 g/mol. The van der Waals surface area contributed by atoms with E-state index in [4.69, 9.17) is 10.8 Å². The van der Waals surface area contributed by atoms with Crippen molar-refractivity contribution in [1.82, 2.24) is 0 Å². The fourth-order valence-electron chi connectivity index (χ4n) is 1.09. The Morgan fingerprint density at radius 2 is 2.12 bits per heavy atom. The molecule has 1 rings (SSSR count). The van der Waals surface area contributed by atoms with E-state index in [0.29, 0.717) is 12.1 Å². The number of carboxylic acids is 1. The van der Waals surface area contributed by atoms with Crippen LogP contribution >= 0.6 is 0 Å². The highest BCUT2D eigenvalue weighted by Gasteiger charge is 2.24. The fourth-order valence-corrected chi connectivity index (χ4v) is 1.09. The maximum absolute atomic E-state index is 13.0. The van der Waals surface area contributed by atoms with Crippen LogP contribution < -0.4 is 5.73 Å². The van der Waals surface area contributed by atoms with Crippen molar-refractivity contribution in [1.29, 1.82) is 0 Å². The Balaban J connectivity index is 3.35. The van der Waals surface area contributed by atoms with Crippen LogP contribution in [0.25, 0.3) is 0 Å². The second-order valence-corrected chi connectivity index (χ2v) is 2.94. The molecule has 0 radical (unpaired) electrons. The number of nitrogens with zero attached hydrogens (tertiary/aromatic N) is 1. The average molecular weight is 230 g/mol. The summed E-state index contributed by atoms with van der Waals surface area (Å²) in [5, 5.41) is 28.1. The van der Waals surface area contributed by atoms with Gasteiger partial charge in [-0.05, 0) is 0 Å². The van der Waals surface area contributed by atoms with Crippen molar-refractivity contribution in [2.45, 2.75) is 6.04 Å².